The summed E-state index contributed by atoms with van der Waals surface area (Å²) in [5.41, 5.74) is 4.25. The molecular formula is C17H28N2. The molecule has 1 aliphatic heterocycles. The second-order valence-corrected chi connectivity index (χ2v) is 5.79. The number of hydrogen-bond acceptors (Lipinski definition) is 2. The van der Waals surface area contributed by atoms with Gasteiger partial charge in [0.15, 0.2) is 0 Å². The monoisotopic (exact) mass is 260 g/mol. The SMILES string of the molecule is CCNCc1ccc(N2CCCCCC2C)c(C)c1. The Morgan fingerprint density at radius 2 is 2.11 bits per heavy atom. The van der Waals surface area contributed by atoms with Crippen molar-refractivity contribution in [2.75, 3.05) is 18.0 Å². The minimum atomic E-state index is 0.681. The van der Waals surface area contributed by atoms with Gasteiger partial charge in [0, 0.05) is 24.8 Å². The molecule has 0 amide bonds. The molecule has 1 atom stereocenters. The van der Waals surface area contributed by atoms with Crippen LogP contribution in [0.1, 0.15) is 50.7 Å². The highest BCUT2D eigenvalue weighted by atomic mass is 15.2. The predicted molar refractivity (Wildman–Crippen MR) is 83.8 cm³/mol. The molecular weight excluding hydrogens is 232 g/mol. The third-order valence-electron chi connectivity index (χ3n) is 4.20. The molecule has 1 aliphatic rings. The van der Waals surface area contributed by atoms with Gasteiger partial charge in [-0.25, -0.2) is 0 Å². The van der Waals surface area contributed by atoms with Crippen molar-refractivity contribution < 1.29 is 0 Å². The van der Waals surface area contributed by atoms with Gasteiger partial charge in [-0.05, 0) is 50.4 Å². The quantitative estimate of drug-likeness (QED) is 0.884. The van der Waals surface area contributed by atoms with Gasteiger partial charge in [0.1, 0.15) is 0 Å². The molecule has 1 fully saturated rings. The van der Waals surface area contributed by atoms with E-state index in [4.69, 9.17) is 0 Å². The number of rotatable bonds is 4. The molecule has 106 valence electrons. The largest absolute Gasteiger partial charge is 0.369 e. The van der Waals surface area contributed by atoms with E-state index in [-0.39, 0.29) is 0 Å². The summed E-state index contributed by atoms with van der Waals surface area (Å²) in [6, 6.07) is 7.63. The van der Waals surface area contributed by atoms with Crippen molar-refractivity contribution >= 4 is 5.69 Å². The highest BCUT2D eigenvalue weighted by Gasteiger charge is 2.18. The first-order valence-corrected chi connectivity index (χ1v) is 7.79. The average Bonchev–Trinajstić information content (AvgIpc) is 2.61. The fourth-order valence-electron chi connectivity index (χ4n) is 3.05. The van der Waals surface area contributed by atoms with Crippen molar-refractivity contribution in [3.63, 3.8) is 0 Å². The lowest BCUT2D eigenvalue weighted by Crippen LogP contribution is -2.33. The van der Waals surface area contributed by atoms with Crippen molar-refractivity contribution in [1.29, 1.82) is 0 Å². The minimum absolute atomic E-state index is 0.681. The molecule has 0 saturated carbocycles. The van der Waals surface area contributed by atoms with E-state index in [1.54, 1.807) is 0 Å². The van der Waals surface area contributed by atoms with Crippen LogP contribution in [0.2, 0.25) is 0 Å². The zero-order valence-corrected chi connectivity index (χ0v) is 12.7. The second-order valence-electron chi connectivity index (χ2n) is 5.79. The summed E-state index contributed by atoms with van der Waals surface area (Å²) < 4.78 is 0. The van der Waals surface area contributed by atoms with Gasteiger partial charge in [0.05, 0.1) is 0 Å². The van der Waals surface area contributed by atoms with Crippen LogP contribution in [-0.2, 0) is 6.54 Å². The van der Waals surface area contributed by atoms with Crippen molar-refractivity contribution in [2.24, 2.45) is 0 Å². The molecule has 19 heavy (non-hydrogen) atoms. The minimum Gasteiger partial charge on any atom is -0.369 e. The Balaban J connectivity index is 2.14. The molecule has 2 nitrogen and oxygen atoms in total. The van der Waals surface area contributed by atoms with Crippen LogP contribution < -0.4 is 10.2 Å². The van der Waals surface area contributed by atoms with Gasteiger partial charge in [0.25, 0.3) is 0 Å². The molecule has 1 aromatic rings. The molecule has 0 radical (unpaired) electrons. The standard InChI is InChI=1S/C17H28N2/c1-4-18-13-16-9-10-17(14(2)12-16)19-11-7-5-6-8-15(19)3/h9-10,12,15,18H,4-8,11,13H2,1-3H3. The molecule has 2 heteroatoms. The lowest BCUT2D eigenvalue weighted by Gasteiger charge is -2.31. The molecule has 0 aromatic heterocycles. The summed E-state index contributed by atoms with van der Waals surface area (Å²) >= 11 is 0. The number of hydrogen-bond donors (Lipinski definition) is 1. The Hall–Kier alpha value is -1.02. The summed E-state index contributed by atoms with van der Waals surface area (Å²) in [6.07, 6.45) is 5.44. The molecule has 0 bridgehead atoms. The van der Waals surface area contributed by atoms with Gasteiger partial charge in [-0.3, -0.25) is 0 Å². The zero-order valence-electron chi connectivity index (χ0n) is 12.7. The van der Waals surface area contributed by atoms with E-state index in [9.17, 15) is 0 Å². The van der Waals surface area contributed by atoms with Gasteiger partial charge in [-0.1, -0.05) is 31.9 Å². The number of benzene rings is 1. The van der Waals surface area contributed by atoms with E-state index in [1.807, 2.05) is 0 Å². The molecule has 1 saturated heterocycles. The van der Waals surface area contributed by atoms with Crippen molar-refractivity contribution in [3.05, 3.63) is 29.3 Å². The third-order valence-corrected chi connectivity index (χ3v) is 4.20. The molecule has 0 spiro atoms. The Morgan fingerprint density at radius 3 is 2.84 bits per heavy atom. The average molecular weight is 260 g/mol. The topological polar surface area (TPSA) is 15.3 Å². The van der Waals surface area contributed by atoms with Crippen LogP contribution in [0.4, 0.5) is 5.69 Å². The van der Waals surface area contributed by atoms with Crippen LogP contribution in [0.25, 0.3) is 0 Å². The fraction of sp³-hybridized carbons (Fsp3) is 0.647. The van der Waals surface area contributed by atoms with Crippen molar-refractivity contribution in [3.8, 4) is 0 Å². The lowest BCUT2D eigenvalue weighted by atomic mass is 10.1. The third kappa shape index (κ3) is 3.73. The maximum atomic E-state index is 3.40. The number of anilines is 1. The first-order chi connectivity index (χ1) is 9.22. The fourth-order valence-corrected chi connectivity index (χ4v) is 3.05. The van der Waals surface area contributed by atoms with E-state index < -0.39 is 0 Å². The summed E-state index contributed by atoms with van der Waals surface area (Å²) in [5, 5.41) is 3.40. The Labute approximate surface area is 118 Å². The van der Waals surface area contributed by atoms with Crippen LogP contribution in [0.15, 0.2) is 18.2 Å². The summed E-state index contributed by atoms with van der Waals surface area (Å²) in [7, 11) is 0. The van der Waals surface area contributed by atoms with Gasteiger partial charge >= 0.3 is 0 Å². The Morgan fingerprint density at radius 1 is 1.26 bits per heavy atom. The highest BCUT2D eigenvalue weighted by molar-refractivity contribution is 5.55. The van der Waals surface area contributed by atoms with Gasteiger partial charge < -0.3 is 10.2 Å². The normalized spacial score (nSPS) is 20.4. The van der Waals surface area contributed by atoms with E-state index in [0.717, 1.165) is 13.1 Å². The first kappa shape index (κ1) is 14.4. The molecule has 1 heterocycles. The van der Waals surface area contributed by atoms with Crippen LogP contribution in [0.3, 0.4) is 0 Å². The zero-order chi connectivity index (χ0) is 13.7. The first-order valence-electron chi connectivity index (χ1n) is 7.79. The van der Waals surface area contributed by atoms with Gasteiger partial charge in [0.2, 0.25) is 0 Å². The van der Waals surface area contributed by atoms with Gasteiger partial charge in [-0.15, -0.1) is 0 Å². The maximum Gasteiger partial charge on any atom is 0.0398 e. The van der Waals surface area contributed by atoms with Crippen LogP contribution in [0, 0.1) is 6.92 Å². The van der Waals surface area contributed by atoms with E-state index >= 15 is 0 Å². The predicted octanol–water partition coefficient (Wildman–Crippen LogP) is 3.87. The van der Waals surface area contributed by atoms with Crippen LogP contribution in [-0.4, -0.2) is 19.1 Å². The maximum absolute atomic E-state index is 3.40. The summed E-state index contributed by atoms with van der Waals surface area (Å²) in [5.74, 6) is 0. The molecule has 1 unspecified atom stereocenters. The number of nitrogens with zero attached hydrogens (tertiary/aromatic N) is 1. The molecule has 1 aromatic carbocycles. The van der Waals surface area contributed by atoms with Crippen LogP contribution in [0.5, 0.6) is 0 Å². The smallest absolute Gasteiger partial charge is 0.0398 e. The number of nitrogens with one attached hydrogen (secondary N) is 1. The number of aryl methyl sites for hydroxylation is 1. The van der Waals surface area contributed by atoms with Gasteiger partial charge in [-0.2, -0.15) is 0 Å². The van der Waals surface area contributed by atoms with Crippen LogP contribution >= 0.6 is 0 Å². The molecule has 2 rings (SSSR count). The summed E-state index contributed by atoms with van der Waals surface area (Å²) in [6.45, 7) is 10.0. The second kappa shape index (κ2) is 6.95. The van der Waals surface area contributed by atoms with Crippen molar-refractivity contribution in [1.82, 2.24) is 5.32 Å². The molecule has 1 N–H and O–H groups in total. The summed E-state index contributed by atoms with van der Waals surface area (Å²) in [4.78, 5) is 2.61. The Kier molecular flexibility index (Phi) is 5.26. The molecule has 0 aliphatic carbocycles. The lowest BCUT2D eigenvalue weighted by molar-refractivity contribution is 0.615. The van der Waals surface area contributed by atoms with E-state index in [1.165, 1.54) is 49.0 Å². The van der Waals surface area contributed by atoms with Crippen molar-refractivity contribution in [2.45, 2.75) is 59.0 Å². The van der Waals surface area contributed by atoms with E-state index in [0.29, 0.717) is 6.04 Å². The van der Waals surface area contributed by atoms with E-state index in [2.05, 4.69) is 49.2 Å². The Bertz CT molecular complexity index is 400. The highest BCUT2D eigenvalue weighted by Crippen LogP contribution is 2.27.